The monoisotopic (exact) mass is 344 g/mol. The van der Waals surface area contributed by atoms with Crippen molar-refractivity contribution in [2.75, 3.05) is 19.8 Å². The molecule has 1 aliphatic carbocycles. The fourth-order valence-corrected chi connectivity index (χ4v) is 3.35. The van der Waals surface area contributed by atoms with E-state index in [-0.39, 0.29) is 11.8 Å². The molecular formula is C18H24N4O3. The molecule has 0 aromatic carbocycles. The van der Waals surface area contributed by atoms with Gasteiger partial charge in [-0.3, -0.25) is 9.48 Å². The summed E-state index contributed by atoms with van der Waals surface area (Å²) in [5, 5.41) is 8.44. The first-order chi connectivity index (χ1) is 12.2. The summed E-state index contributed by atoms with van der Waals surface area (Å²) in [5.74, 6) is 1.36. The zero-order valence-electron chi connectivity index (χ0n) is 14.8. The van der Waals surface area contributed by atoms with Gasteiger partial charge in [-0.15, -0.1) is 0 Å². The minimum atomic E-state index is -0.0409. The van der Waals surface area contributed by atoms with Gasteiger partial charge in [0, 0.05) is 43.9 Å². The lowest BCUT2D eigenvalue weighted by molar-refractivity contribution is 0.0624. The van der Waals surface area contributed by atoms with Gasteiger partial charge in [-0.2, -0.15) is 5.10 Å². The third-order valence-electron chi connectivity index (χ3n) is 5.02. The number of aryl methyl sites for hydroxylation is 2. The highest BCUT2D eigenvalue weighted by atomic mass is 16.5. The summed E-state index contributed by atoms with van der Waals surface area (Å²) >= 11 is 0. The molecule has 134 valence electrons. The number of amides is 1. The molecule has 2 aromatic rings. The van der Waals surface area contributed by atoms with Crippen molar-refractivity contribution >= 4 is 5.91 Å². The van der Waals surface area contributed by atoms with Gasteiger partial charge in [0.1, 0.15) is 11.3 Å². The number of hydrogen-bond donors (Lipinski definition) is 0. The minimum absolute atomic E-state index is 0.0409. The normalized spacial score (nSPS) is 19.9. The second kappa shape index (κ2) is 6.63. The quantitative estimate of drug-likeness (QED) is 0.804. The van der Waals surface area contributed by atoms with Crippen molar-refractivity contribution in [2.24, 2.45) is 5.92 Å². The molecule has 2 aliphatic rings. The third kappa shape index (κ3) is 3.33. The Morgan fingerprint density at radius 1 is 1.40 bits per heavy atom. The van der Waals surface area contributed by atoms with E-state index in [1.807, 2.05) is 15.8 Å². The first-order valence-corrected chi connectivity index (χ1v) is 9.00. The van der Waals surface area contributed by atoms with E-state index in [2.05, 4.69) is 12.1 Å². The Hall–Kier alpha value is -2.15. The van der Waals surface area contributed by atoms with E-state index in [9.17, 15) is 4.79 Å². The van der Waals surface area contributed by atoms with Crippen molar-refractivity contribution in [2.45, 2.75) is 45.7 Å². The Labute approximate surface area is 146 Å². The molecule has 25 heavy (non-hydrogen) atoms. The molecule has 0 N–H and O–H groups in total. The molecule has 4 rings (SSSR count). The third-order valence-corrected chi connectivity index (χ3v) is 5.02. The van der Waals surface area contributed by atoms with E-state index in [1.165, 1.54) is 19.0 Å². The largest absolute Gasteiger partial charge is 0.380 e. The number of rotatable bonds is 6. The van der Waals surface area contributed by atoms with Gasteiger partial charge < -0.3 is 14.2 Å². The molecule has 2 aromatic heterocycles. The van der Waals surface area contributed by atoms with Crippen LogP contribution in [0.1, 0.15) is 53.1 Å². The SMILES string of the molecule is CCn1cc2c(n1)[C@@H](COCC1CC1)CN(C(=O)c1cnoc1C)C2. The Bertz CT molecular complexity index is 762. The van der Waals surface area contributed by atoms with Gasteiger partial charge in [-0.05, 0) is 32.6 Å². The summed E-state index contributed by atoms with van der Waals surface area (Å²) in [7, 11) is 0. The zero-order chi connectivity index (χ0) is 17.4. The fourth-order valence-electron chi connectivity index (χ4n) is 3.35. The van der Waals surface area contributed by atoms with Gasteiger partial charge in [0.15, 0.2) is 0 Å². The van der Waals surface area contributed by atoms with Gasteiger partial charge >= 0.3 is 0 Å². The molecule has 0 spiro atoms. The highest BCUT2D eigenvalue weighted by Crippen LogP contribution is 2.31. The van der Waals surface area contributed by atoms with Crippen molar-refractivity contribution in [3.63, 3.8) is 0 Å². The van der Waals surface area contributed by atoms with E-state index < -0.39 is 0 Å². The standard InChI is InChI=1S/C18H24N4O3/c1-3-22-9-14-7-21(18(23)16-6-19-25-12(16)2)8-15(17(14)20-22)11-24-10-13-4-5-13/h6,9,13,15H,3-5,7-8,10-11H2,1-2H3/t15-/m1/s1. The molecule has 1 saturated carbocycles. The Morgan fingerprint density at radius 2 is 2.24 bits per heavy atom. The summed E-state index contributed by atoms with van der Waals surface area (Å²) in [6.45, 7) is 7.26. The number of carbonyl (C=O) groups is 1. The average molecular weight is 344 g/mol. The predicted molar refractivity (Wildman–Crippen MR) is 90.2 cm³/mol. The van der Waals surface area contributed by atoms with Crippen molar-refractivity contribution in [3.8, 4) is 0 Å². The van der Waals surface area contributed by atoms with Crippen LogP contribution < -0.4 is 0 Å². The van der Waals surface area contributed by atoms with Gasteiger partial charge in [-0.1, -0.05) is 5.16 Å². The highest BCUT2D eigenvalue weighted by Gasteiger charge is 2.33. The van der Waals surface area contributed by atoms with E-state index in [0.717, 1.165) is 30.3 Å². The molecule has 0 radical (unpaired) electrons. The molecule has 1 amide bonds. The summed E-state index contributed by atoms with van der Waals surface area (Å²) in [4.78, 5) is 14.7. The first-order valence-electron chi connectivity index (χ1n) is 9.00. The van der Waals surface area contributed by atoms with Crippen LogP contribution in [-0.4, -0.2) is 45.5 Å². The van der Waals surface area contributed by atoms with Crippen LogP contribution in [0, 0.1) is 12.8 Å². The van der Waals surface area contributed by atoms with Crippen LogP contribution in [0.15, 0.2) is 16.9 Å². The van der Waals surface area contributed by atoms with Crippen LogP contribution in [-0.2, 0) is 17.8 Å². The molecule has 1 fully saturated rings. The van der Waals surface area contributed by atoms with E-state index in [0.29, 0.717) is 31.0 Å². The summed E-state index contributed by atoms with van der Waals surface area (Å²) < 4.78 is 12.9. The molecule has 0 saturated heterocycles. The Morgan fingerprint density at radius 3 is 2.92 bits per heavy atom. The molecular weight excluding hydrogens is 320 g/mol. The lowest BCUT2D eigenvalue weighted by atomic mass is 9.96. The minimum Gasteiger partial charge on any atom is -0.380 e. The van der Waals surface area contributed by atoms with Crippen LogP contribution in [0.3, 0.4) is 0 Å². The first kappa shape index (κ1) is 16.3. The van der Waals surface area contributed by atoms with E-state index in [4.69, 9.17) is 14.4 Å². The summed E-state index contributed by atoms with van der Waals surface area (Å²) in [6.07, 6.45) is 6.10. The number of carbonyl (C=O) groups excluding carboxylic acids is 1. The number of aromatic nitrogens is 3. The number of ether oxygens (including phenoxy) is 1. The lowest BCUT2D eigenvalue weighted by Crippen LogP contribution is -2.39. The number of fused-ring (bicyclic) bond motifs is 1. The zero-order valence-corrected chi connectivity index (χ0v) is 14.8. The molecule has 0 unspecified atom stereocenters. The van der Waals surface area contributed by atoms with Gasteiger partial charge in [0.05, 0.1) is 18.5 Å². The van der Waals surface area contributed by atoms with Crippen LogP contribution in [0.2, 0.25) is 0 Å². The predicted octanol–water partition coefficient (Wildman–Crippen LogP) is 2.37. The summed E-state index contributed by atoms with van der Waals surface area (Å²) in [5.41, 5.74) is 2.71. The van der Waals surface area contributed by atoms with Crippen LogP contribution in [0.5, 0.6) is 0 Å². The van der Waals surface area contributed by atoms with Crippen LogP contribution in [0.4, 0.5) is 0 Å². The Balaban J connectivity index is 1.53. The highest BCUT2D eigenvalue weighted by molar-refractivity contribution is 5.94. The van der Waals surface area contributed by atoms with Crippen molar-refractivity contribution in [1.29, 1.82) is 0 Å². The fraction of sp³-hybridized carbons (Fsp3) is 0.611. The molecule has 1 atom stereocenters. The number of nitrogens with zero attached hydrogens (tertiary/aromatic N) is 4. The second-order valence-corrected chi connectivity index (χ2v) is 7.05. The molecule has 0 bridgehead atoms. The lowest BCUT2D eigenvalue weighted by Gasteiger charge is -2.31. The van der Waals surface area contributed by atoms with E-state index in [1.54, 1.807) is 6.92 Å². The van der Waals surface area contributed by atoms with Crippen molar-refractivity contribution in [3.05, 3.63) is 35.0 Å². The molecule has 7 heteroatoms. The van der Waals surface area contributed by atoms with Crippen LogP contribution in [0.25, 0.3) is 0 Å². The van der Waals surface area contributed by atoms with Crippen molar-refractivity contribution < 1.29 is 14.1 Å². The maximum absolute atomic E-state index is 12.9. The van der Waals surface area contributed by atoms with Gasteiger partial charge in [0.25, 0.3) is 5.91 Å². The maximum atomic E-state index is 12.9. The Kier molecular flexibility index (Phi) is 4.33. The van der Waals surface area contributed by atoms with Crippen LogP contribution >= 0.6 is 0 Å². The van der Waals surface area contributed by atoms with Gasteiger partial charge in [0.2, 0.25) is 0 Å². The van der Waals surface area contributed by atoms with Crippen molar-refractivity contribution in [1.82, 2.24) is 19.8 Å². The summed E-state index contributed by atoms with van der Waals surface area (Å²) in [6, 6.07) is 0. The molecule has 7 nitrogen and oxygen atoms in total. The van der Waals surface area contributed by atoms with Gasteiger partial charge in [-0.25, -0.2) is 0 Å². The molecule has 3 heterocycles. The molecule has 1 aliphatic heterocycles. The smallest absolute Gasteiger partial charge is 0.259 e. The number of hydrogen-bond acceptors (Lipinski definition) is 5. The maximum Gasteiger partial charge on any atom is 0.259 e. The van der Waals surface area contributed by atoms with E-state index >= 15 is 0 Å². The average Bonchev–Trinajstić information content (AvgIpc) is 3.17. The topological polar surface area (TPSA) is 73.4 Å². The second-order valence-electron chi connectivity index (χ2n) is 7.05.